The Hall–Kier alpha value is -5.28. The number of anilines is 2. The lowest BCUT2D eigenvalue weighted by Gasteiger charge is -2.49. The van der Waals surface area contributed by atoms with Crippen LogP contribution in [0, 0.1) is 52.8 Å². The van der Waals surface area contributed by atoms with Crippen LogP contribution in [0.1, 0.15) is 28.8 Å². The molecule has 3 fully saturated rings. The minimum Gasteiger partial charge on any atom is -0.504 e. The number of amides is 4. The number of imide groups is 2. The van der Waals surface area contributed by atoms with Gasteiger partial charge in [-0.2, -0.15) is 0 Å². The van der Waals surface area contributed by atoms with E-state index in [2.05, 4.69) is 0 Å². The summed E-state index contributed by atoms with van der Waals surface area (Å²) in [7, 11) is 1.28. The summed E-state index contributed by atoms with van der Waals surface area (Å²) in [6.07, 6.45) is 3.38. The van der Waals surface area contributed by atoms with Crippen LogP contribution in [0.25, 0.3) is 6.08 Å². The Labute approximate surface area is 305 Å². The highest BCUT2D eigenvalue weighted by molar-refractivity contribution is 6.58. The minimum absolute atomic E-state index is 0.0346. The normalized spacial score (nSPS) is 28.0. The molecule has 1 saturated carbocycles. The number of aromatic hydroxyl groups is 1. The first-order valence-corrected chi connectivity index (χ1v) is 16.5. The fraction of sp³-hybridized carbons (Fsp3) is 0.250. The number of phenolic OH excluding ortho intramolecular Hbond substituents is 1. The van der Waals surface area contributed by atoms with Gasteiger partial charge in [-0.15, -0.1) is 23.2 Å². The summed E-state index contributed by atoms with van der Waals surface area (Å²) < 4.78 is 78.5. The Balaban J connectivity index is 1.39. The predicted octanol–water partition coefficient (Wildman–Crippen LogP) is 6.11. The number of ether oxygens (including phenoxy) is 1. The van der Waals surface area contributed by atoms with E-state index in [4.69, 9.17) is 27.9 Å². The summed E-state index contributed by atoms with van der Waals surface area (Å²) in [6, 6.07) is 9.15. The third kappa shape index (κ3) is 4.93. The van der Waals surface area contributed by atoms with Crippen LogP contribution in [0.3, 0.4) is 0 Å². The summed E-state index contributed by atoms with van der Waals surface area (Å²) in [6.45, 7) is 0. The summed E-state index contributed by atoms with van der Waals surface area (Å²) >= 11 is 14.1. The van der Waals surface area contributed by atoms with Crippen molar-refractivity contribution in [2.24, 2.45) is 23.7 Å². The summed E-state index contributed by atoms with van der Waals surface area (Å²) in [5.74, 6) is -23.8. The van der Waals surface area contributed by atoms with E-state index in [0.717, 1.165) is 11.0 Å². The van der Waals surface area contributed by atoms with Crippen molar-refractivity contribution in [1.82, 2.24) is 0 Å². The molecule has 3 aromatic rings. The zero-order valence-corrected chi connectivity index (χ0v) is 28.4. The number of phenols is 1. The van der Waals surface area contributed by atoms with Gasteiger partial charge < -0.3 is 14.9 Å². The first kappa shape index (κ1) is 36.1. The number of halogens is 7. The lowest BCUT2D eigenvalue weighted by atomic mass is 9.57. The van der Waals surface area contributed by atoms with E-state index in [0.29, 0.717) is 5.56 Å². The molecule has 2 saturated heterocycles. The zero-order valence-electron chi connectivity index (χ0n) is 26.9. The number of alkyl halides is 2. The van der Waals surface area contributed by atoms with E-state index in [9.17, 15) is 47.4 Å². The van der Waals surface area contributed by atoms with Gasteiger partial charge in [0.2, 0.25) is 17.6 Å². The summed E-state index contributed by atoms with van der Waals surface area (Å²) in [4.78, 5) is 63.3. The Kier molecular flexibility index (Phi) is 8.45. The third-order valence-corrected chi connectivity index (χ3v) is 11.7. The van der Waals surface area contributed by atoms with Crippen molar-refractivity contribution in [1.29, 1.82) is 0 Å². The highest BCUT2D eigenvalue weighted by Gasteiger charge is 2.76. The minimum atomic E-state index is -2.71. The molecule has 4 aliphatic rings. The highest BCUT2D eigenvalue weighted by Crippen LogP contribution is 2.64. The number of carbonyl (C=O) groups is 5. The molecular formula is C36H23Cl2F5N2O8. The smallest absolute Gasteiger partial charge is 0.335 e. The van der Waals surface area contributed by atoms with Gasteiger partial charge in [0.05, 0.1) is 30.2 Å². The number of allylic oxidation sites excluding steroid dienone is 3. The van der Waals surface area contributed by atoms with Crippen molar-refractivity contribution in [3.63, 3.8) is 0 Å². The monoisotopic (exact) mass is 776 g/mol. The third-order valence-electron chi connectivity index (χ3n) is 10.3. The van der Waals surface area contributed by atoms with E-state index in [1.54, 1.807) is 0 Å². The average molecular weight is 777 g/mol. The molecular weight excluding hydrogens is 754 g/mol. The number of nitrogens with zero attached hydrogens (tertiary/aromatic N) is 2. The summed E-state index contributed by atoms with van der Waals surface area (Å²) in [5, 5.41) is 19.6. The number of benzene rings is 3. The van der Waals surface area contributed by atoms with Crippen molar-refractivity contribution in [2.75, 3.05) is 16.9 Å². The number of carboxylic acid groups (broad SMARTS) is 1. The highest BCUT2D eigenvalue weighted by atomic mass is 35.5. The summed E-state index contributed by atoms with van der Waals surface area (Å²) in [5.41, 5.74) is -1.63. The fourth-order valence-corrected chi connectivity index (χ4v) is 8.74. The molecule has 0 unspecified atom stereocenters. The number of hydrogen-bond donors (Lipinski definition) is 2. The first-order chi connectivity index (χ1) is 25.0. The fourth-order valence-electron chi connectivity index (χ4n) is 7.85. The molecule has 7 rings (SSSR count). The maximum atomic E-state index is 15.2. The molecule has 0 bridgehead atoms. The van der Waals surface area contributed by atoms with E-state index in [-0.39, 0.29) is 39.6 Å². The first-order valence-electron chi connectivity index (χ1n) is 15.7. The van der Waals surface area contributed by atoms with E-state index >= 15 is 8.78 Å². The van der Waals surface area contributed by atoms with Gasteiger partial charge >= 0.3 is 5.97 Å². The average Bonchev–Trinajstić information content (AvgIpc) is 3.48. The second-order valence-corrected chi connectivity index (χ2v) is 14.1. The van der Waals surface area contributed by atoms with Crippen molar-refractivity contribution in [3.8, 4) is 11.5 Å². The maximum Gasteiger partial charge on any atom is 0.335 e. The predicted molar refractivity (Wildman–Crippen MR) is 177 cm³/mol. The van der Waals surface area contributed by atoms with Gasteiger partial charge in [-0.1, -0.05) is 35.9 Å². The Morgan fingerprint density at radius 2 is 1.55 bits per heavy atom. The molecule has 2 N–H and O–H groups in total. The molecule has 2 aliphatic heterocycles. The molecule has 0 aromatic heterocycles. The number of methoxy groups -OCH3 is 1. The molecule has 6 atom stereocenters. The Morgan fingerprint density at radius 3 is 2.19 bits per heavy atom. The number of carboxylic acids is 1. The van der Waals surface area contributed by atoms with Gasteiger partial charge in [-0.25, -0.2) is 31.6 Å². The molecule has 0 radical (unpaired) electrons. The zero-order chi connectivity index (χ0) is 38.5. The van der Waals surface area contributed by atoms with Crippen LogP contribution in [-0.4, -0.2) is 56.7 Å². The van der Waals surface area contributed by atoms with Crippen LogP contribution < -0.4 is 14.5 Å². The molecule has 0 spiro atoms. The van der Waals surface area contributed by atoms with Crippen LogP contribution in [0.4, 0.5) is 33.3 Å². The molecule has 4 amide bonds. The van der Waals surface area contributed by atoms with Crippen LogP contribution in [0.15, 0.2) is 60.2 Å². The molecule has 17 heteroatoms. The van der Waals surface area contributed by atoms with Crippen molar-refractivity contribution in [3.05, 3.63) is 100 Å². The number of fused-ring (bicyclic) bond motifs is 4. The van der Waals surface area contributed by atoms with Gasteiger partial charge in [-0.3, -0.25) is 24.1 Å². The Bertz CT molecular complexity index is 2240. The Morgan fingerprint density at radius 1 is 0.887 bits per heavy atom. The van der Waals surface area contributed by atoms with Gasteiger partial charge in [0.25, 0.3) is 11.8 Å². The molecule has 10 nitrogen and oxygen atoms in total. The van der Waals surface area contributed by atoms with E-state index < -0.39 is 104 Å². The second-order valence-electron chi connectivity index (χ2n) is 12.9. The van der Waals surface area contributed by atoms with Gasteiger partial charge in [-0.05, 0) is 54.7 Å². The number of rotatable bonds is 6. The number of carbonyl (C=O) groups excluding carboxylic acids is 4. The van der Waals surface area contributed by atoms with E-state index in [1.165, 1.54) is 61.7 Å². The quantitative estimate of drug-likeness (QED) is 0.0764. The standard InChI is InChI=1S/C36H23Cl2F5N2O8/c1-53-22-11-14(6-10-21(22)46)5-9-20-17-7-8-18-23(31(48)44(30(18)47)16-4-2-3-15(12-16)32(49)50)19(17)13-35(37)33(51)45(34(52)36(20,35)38)29-27(42)25(40)24(39)26(41)28(29)43/h2-7,9-12,18-20,23,46H,8,13H2,1H3,(H,49,50)/t18-,19+,20-,23-,35+,36-/m0/s1. The topological polar surface area (TPSA) is 142 Å². The van der Waals surface area contributed by atoms with Crippen LogP contribution in [0.5, 0.6) is 11.5 Å². The van der Waals surface area contributed by atoms with Crippen molar-refractivity contribution in [2.45, 2.75) is 22.6 Å². The van der Waals surface area contributed by atoms with Gasteiger partial charge in [0, 0.05) is 5.92 Å². The number of aromatic carboxylic acids is 1. The number of hydrogen-bond acceptors (Lipinski definition) is 7. The SMILES string of the molecule is COc1cc(C=C[C@H]2C3=CC[C@@H]4C(=O)N(c5cccc(C(=O)O)c5)C(=O)[C@@H]4[C@@H]3C[C@@]3(Cl)C(=O)N(c4c(F)c(F)c(F)c(F)c4F)C(=O)[C@@]23Cl)ccc1O. The van der Waals surface area contributed by atoms with Gasteiger partial charge in [0.15, 0.2) is 44.5 Å². The second kappa shape index (κ2) is 12.4. The van der Waals surface area contributed by atoms with Crippen LogP contribution in [-0.2, 0) is 19.2 Å². The lowest BCUT2D eigenvalue weighted by molar-refractivity contribution is -0.125. The molecule has 3 aromatic carbocycles. The molecule has 2 heterocycles. The molecule has 53 heavy (non-hydrogen) atoms. The van der Waals surface area contributed by atoms with Crippen molar-refractivity contribution < 1.29 is 60.9 Å². The van der Waals surface area contributed by atoms with Gasteiger partial charge in [0.1, 0.15) is 5.69 Å². The largest absolute Gasteiger partial charge is 0.504 e. The maximum absolute atomic E-state index is 15.2. The molecule has 274 valence electrons. The van der Waals surface area contributed by atoms with Crippen LogP contribution in [0.2, 0.25) is 0 Å². The van der Waals surface area contributed by atoms with Crippen LogP contribution >= 0.6 is 23.2 Å². The van der Waals surface area contributed by atoms with E-state index in [1.807, 2.05) is 0 Å². The lowest BCUT2D eigenvalue weighted by Crippen LogP contribution is -2.60. The van der Waals surface area contributed by atoms with Crippen molar-refractivity contribution >= 4 is 70.3 Å². The molecule has 2 aliphatic carbocycles.